The van der Waals surface area contributed by atoms with Crippen molar-refractivity contribution >= 4 is 23.4 Å². The molecule has 1 aliphatic heterocycles. The fourth-order valence-electron chi connectivity index (χ4n) is 2.73. The van der Waals surface area contributed by atoms with Crippen molar-refractivity contribution in [3.63, 3.8) is 0 Å². The average Bonchev–Trinajstić information content (AvgIpc) is 3.34. The minimum absolute atomic E-state index is 0.0322. The van der Waals surface area contributed by atoms with Crippen LogP contribution < -0.4 is 14.8 Å². The normalized spacial score (nSPS) is 12.8. The topological polar surface area (TPSA) is 65.4 Å². The van der Waals surface area contributed by atoms with E-state index in [0.717, 1.165) is 23.9 Å². The van der Waals surface area contributed by atoms with Gasteiger partial charge in [-0.05, 0) is 30.3 Å². The smallest absolute Gasteiger partial charge is 0.416 e. The number of rotatable bonds is 5. The second kappa shape index (κ2) is 7.70. The number of imidazole rings is 1. The van der Waals surface area contributed by atoms with Gasteiger partial charge >= 0.3 is 6.18 Å². The number of amides is 1. The van der Waals surface area contributed by atoms with Gasteiger partial charge in [0.15, 0.2) is 16.7 Å². The molecule has 1 N–H and O–H groups in total. The first-order chi connectivity index (χ1) is 13.9. The number of nitrogens with zero attached hydrogens (tertiary/aromatic N) is 2. The first kappa shape index (κ1) is 19.2. The van der Waals surface area contributed by atoms with E-state index in [1.54, 1.807) is 30.5 Å². The van der Waals surface area contributed by atoms with Crippen LogP contribution in [0.2, 0.25) is 0 Å². The molecule has 0 atom stereocenters. The lowest BCUT2D eigenvalue weighted by atomic mass is 10.2. The fraction of sp³-hybridized carbons (Fsp3) is 0.158. The Morgan fingerprint density at radius 3 is 2.83 bits per heavy atom. The van der Waals surface area contributed by atoms with Gasteiger partial charge in [-0.15, -0.1) is 0 Å². The SMILES string of the molecule is O=C(CSc1nccn1-c1cccc(C(F)(F)F)c1)Nc1ccc2c(c1)OCO2. The molecule has 1 aliphatic rings. The lowest BCUT2D eigenvalue weighted by Crippen LogP contribution is -2.14. The van der Waals surface area contributed by atoms with E-state index < -0.39 is 11.7 Å². The molecule has 29 heavy (non-hydrogen) atoms. The van der Waals surface area contributed by atoms with Crippen LogP contribution in [0.1, 0.15) is 5.56 Å². The van der Waals surface area contributed by atoms with Crippen LogP contribution >= 0.6 is 11.8 Å². The van der Waals surface area contributed by atoms with E-state index >= 15 is 0 Å². The largest absolute Gasteiger partial charge is 0.454 e. The minimum atomic E-state index is -4.44. The number of ether oxygens (including phenoxy) is 2. The number of aromatic nitrogens is 2. The Hall–Kier alpha value is -3.14. The number of halogens is 3. The number of alkyl halides is 3. The molecule has 0 bridgehead atoms. The van der Waals surface area contributed by atoms with Gasteiger partial charge in [-0.2, -0.15) is 13.2 Å². The summed E-state index contributed by atoms with van der Waals surface area (Å²) in [6, 6.07) is 9.98. The Kier molecular flexibility index (Phi) is 5.10. The molecule has 1 amide bonds. The van der Waals surface area contributed by atoms with Crippen LogP contribution in [-0.2, 0) is 11.0 Å². The maximum atomic E-state index is 13.0. The monoisotopic (exact) mass is 421 g/mol. The molecule has 0 radical (unpaired) electrons. The molecule has 1 aromatic heterocycles. The van der Waals surface area contributed by atoms with Gasteiger partial charge in [0.05, 0.1) is 11.3 Å². The molecule has 10 heteroatoms. The Labute approximate surface area is 167 Å². The molecule has 3 aromatic rings. The lowest BCUT2D eigenvalue weighted by molar-refractivity contribution is -0.137. The Bertz CT molecular complexity index is 1050. The number of carbonyl (C=O) groups excluding carboxylic acids is 1. The summed E-state index contributed by atoms with van der Waals surface area (Å²) in [5, 5.41) is 3.15. The van der Waals surface area contributed by atoms with Crippen molar-refractivity contribution in [1.82, 2.24) is 9.55 Å². The highest BCUT2D eigenvalue weighted by Gasteiger charge is 2.30. The third-order valence-electron chi connectivity index (χ3n) is 4.05. The number of nitrogens with one attached hydrogen (secondary N) is 1. The molecule has 0 saturated heterocycles. The van der Waals surface area contributed by atoms with Gasteiger partial charge in [-0.25, -0.2) is 4.98 Å². The molecule has 2 heterocycles. The molecule has 4 rings (SSSR count). The molecule has 0 spiro atoms. The van der Waals surface area contributed by atoms with E-state index in [-0.39, 0.29) is 18.5 Å². The summed E-state index contributed by atoms with van der Waals surface area (Å²) >= 11 is 1.12. The summed E-state index contributed by atoms with van der Waals surface area (Å²) in [6.45, 7) is 0.140. The first-order valence-corrected chi connectivity index (χ1v) is 9.42. The number of hydrogen-bond acceptors (Lipinski definition) is 5. The van der Waals surface area contributed by atoms with E-state index in [9.17, 15) is 18.0 Å². The third kappa shape index (κ3) is 4.32. The van der Waals surface area contributed by atoms with E-state index in [0.29, 0.717) is 28.0 Å². The maximum absolute atomic E-state index is 13.0. The van der Waals surface area contributed by atoms with Gasteiger partial charge in [0, 0.05) is 29.8 Å². The fourth-order valence-corrected chi connectivity index (χ4v) is 3.50. The van der Waals surface area contributed by atoms with Crippen molar-refractivity contribution in [1.29, 1.82) is 0 Å². The van der Waals surface area contributed by atoms with E-state index in [1.165, 1.54) is 16.8 Å². The average molecular weight is 421 g/mol. The van der Waals surface area contributed by atoms with Crippen LogP contribution in [-0.4, -0.2) is 28.0 Å². The van der Waals surface area contributed by atoms with Crippen LogP contribution in [0.5, 0.6) is 11.5 Å². The standard InChI is InChI=1S/C19H14F3N3O3S/c20-19(21,22)12-2-1-3-14(8-12)25-7-6-23-18(25)29-10-17(26)24-13-4-5-15-16(9-13)28-11-27-15/h1-9H,10-11H2,(H,24,26). The second-order valence-electron chi connectivity index (χ2n) is 6.03. The number of benzene rings is 2. The van der Waals surface area contributed by atoms with Crippen molar-refractivity contribution in [2.24, 2.45) is 0 Å². The summed E-state index contributed by atoms with van der Waals surface area (Å²) in [6.07, 6.45) is -1.42. The molecule has 0 saturated carbocycles. The third-order valence-corrected chi connectivity index (χ3v) is 5.01. The van der Waals surface area contributed by atoms with Crippen LogP contribution in [0.3, 0.4) is 0 Å². The maximum Gasteiger partial charge on any atom is 0.416 e. The summed E-state index contributed by atoms with van der Waals surface area (Å²) in [7, 11) is 0. The second-order valence-corrected chi connectivity index (χ2v) is 6.98. The molecule has 150 valence electrons. The summed E-state index contributed by atoms with van der Waals surface area (Å²) in [4.78, 5) is 16.4. The van der Waals surface area contributed by atoms with Crippen molar-refractivity contribution < 1.29 is 27.4 Å². The van der Waals surface area contributed by atoms with Crippen LogP contribution in [0.25, 0.3) is 5.69 Å². The predicted octanol–water partition coefficient (Wildman–Crippen LogP) is 4.35. The molecule has 0 unspecified atom stereocenters. The molecule has 0 aliphatic carbocycles. The van der Waals surface area contributed by atoms with Crippen LogP contribution in [0.15, 0.2) is 60.0 Å². The predicted molar refractivity (Wildman–Crippen MR) is 100 cm³/mol. The van der Waals surface area contributed by atoms with Gasteiger partial charge in [-0.1, -0.05) is 17.8 Å². The Balaban J connectivity index is 1.42. The molecule has 6 nitrogen and oxygen atoms in total. The number of hydrogen-bond donors (Lipinski definition) is 1. The molecular formula is C19H14F3N3O3S. The van der Waals surface area contributed by atoms with Crippen LogP contribution in [0, 0.1) is 0 Å². The summed E-state index contributed by atoms with van der Waals surface area (Å²) < 4.78 is 50.9. The van der Waals surface area contributed by atoms with Crippen molar-refractivity contribution in [3.8, 4) is 17.2 Å². The van der Waals surface area contributed by atoms with E-state index in [4.69, 9.17) is 9.47 Å². The highest BCUT2D eigenvalue weighted by Crippen LogP contribution is 2.34. The first-order valence-electron chi connectivity index (χ1n) is 8.43. The Morgan fingerprint density at radius 2 is 2.00 bits per heavy atom. The molecule has 0 fully saturated rings. The van der Waals surface area contributed by atoms with Gasteiger partial charge in [-0.3, -0.25) is 9.36 Å². The number of anilines is 1. The quantitative estimate of drug-likeness (QED) is 0.621. The minimum Gasteiger partial charge on any atom is -0.454 e. The van der Waals surface area contributed by atoms with E-state index in [2.05, 4.69) is 10.3 Å². The van der Waals surface area contributed by atoms with E-state index in [1.807, 2.05) is 0 Å². The van der Waals surface area contributed by atoms with Crippen LogP contribution in [0.4, 0.5) is 18.9 Å². The lowest BCUT2D eigenvalue weighted by Gasteiger charge is -2.11. The van der Waals surface area contributed by atoms with Gasteiger partial charge in [0.25, 0.3) is 0 Å². The van der Waals surface area contributed by atoms with Gasteiger partial charge < -0.3 is 14.8 Å². The van der Waals surface area contributed by atoms with Gasteiger partial charge in [0.2, 0.25) is 12.7 Å². The summed E-state index contributed by atoms with van der Waals surface area (Å²) in [5.74, 6) is 0.910. The summed E-state index contributed by atoms with van der Waals surface area (Å²) in [5.41, 5.74) is 0.122. The zero-order valence-electron chi connectivity index (χ0n) is 14.8. The van der Waals surface area contributed by atoms with Crippen molar-refractivity contribution in [2.75, 3.05) is 17.9 Å². The Morgan fingerprint density at radius 1 is 1.17 bits per heavy atom. The van der Waals surface area contributed by atoms with Crippen molar-refractivity contribution in [2.45, 2.75) is 11.3 Å². The highest BCUT2D eigenvalue weighted by atomic mass is 32.2. The molecule has 2 aromatic carbocycles. The zero-order chi connectivity index (χ0) is 20.4. The molecular weight excluding hydrogens is 407 g/mol. The van der Waals surface area contributed by atoms with Gasteiger partial charge in [0.1, 0.15) is 0 Å². The zero-order valence-corrected chi connectivity index (χ0v) is 15.6. The number of carbonyl (C=O) groups is 1. The number of thioether (sulfide) groups is 1. The highest BCUT2D eigenvalue weighted by molar-refractivity contribution is 7.99. The van der Waals surface area contributed by atoms with Crippen molar-refractivity contribution in [3.05, 3.63) is 60.4 Å². The number of fused-ring (bicyclic) bond motifs is 1.